The molecule has 0 aliphatic carbocycles. The largest absolute Gasteiger partial charge is 0.462 e. The maximum atomic E-state index is 13.0. The summed E-state index contributed by atoms with van der Waals surface area (Å²) in [6, 6.07) is 11.4. The van der Waals surface area contributed by atoms with Crippen LogP contribution in [-0.2, 0) is 16.5 Å². The average molecular weight is 608 g/mol. The normalized spacial score (nSPS) is 11.7. The van der Waals surface area contributed by atoms with Gasteiger partial charge in [0.1, 0.15) is 0 Å². The maximum Gasteiger partial charge on any atom is 0.338 e. The van der Waals surface area contributed by atoms with Gasteiger partial charge in [0.2, 0.25) is 0 Å². The molecule has 7 heteroatoms. The fraction of sp³-hybridized carbons (Fsp3) is 0.622. The quantitative estimate of drug-likeness (QED) is 0.0847. The van der Waals surface area contributed by atoms with Gasteiger partial charge in [0.15, 0.2) is 0 Å². The summed E-state index contributed by atoms with van der Waals surface area (Å²) in [5.74, 6) is -0.611. The Morgan fingerprint density at radius 1 is 0.568 bits per heavy atom. The van der Waals surface area contributed by atoms with E-state index in [1.54, 1.807) is 0 Å². The van der Waals surface area contributed by atoms with Crippen LogP contribution in [0.15, 0.2) is 36.4 Å². The van der Waals surface area contributed by atoms with E-state index in [0.717, 1.165) is 73.9 Å². The van der Waals surface area contributed by atoms with E-state index >= 15 is 0 Å². The number of carbonyl (C=O) groups is 2. The SMILES string of the molecule is CCCCN(CCCC)CCCOC(=O)c1ccc2c(c1)c1cc(C(=O)OCCCN(CCCC)CCCC)ccc1n2C. The molecule has 0 unspecified atom stereocenters. The molecule has 0 amide bonds. The number of esters is 2. The summed E-state index contributed by atoms with van der Waals surface area (Å²) in [6.07, 6.45) is 11.2. The van der Waals surface area contributed by atoms with Gasteiger partial charge in [0.25, 0.3) is 0 Å². The third kappa shape index (κ3) is 10.6. The van der Waals surface area contributed by atoms with Gasteiger partial charge in [-0.3, -0.25) is 0 Å². The lowest BCUT2D eigenvalue weighted by molar-refractivity contribution is 0.0478. The Morgan fingerprint density at radius 3 is 1.25 bits per heavy atom. The highest BCUT2D eigenvalue weighted by atomic mass is 16.5. The topological polar surface area (TPSA) is 64.0 Å². The molecule has 0 aliphatic heterocycles. The minimum atomic E-state index is -0.306. The summed E-state index contributed by atoms with van der Waals surface area (Å²) >= 11 is 0. The van der Waals surface area contributed by atoms with Gasteiger partial charge < -0.3 is 23.8 Å². The van der Waals surface area contributed by atoms with Crippen LogP contribution >= 0.6 is 0 Å². The second-order valence-corrected chi connectivity index (χ2v) is 12.1. The number of hydrogen-bond donors (Lipinski definition) is 0. The zero-order valence-electron chi connectivity index (χ0n) is 28.2. The predicted octanol–water partition coefficient (Wildman–Crippen LogP) is 8.23. The number of aryl methyl sites for hydroxylation is 1. The first-order chi connectivity index (χ1) is 21.4. The van der Waals surface area contributed by atoms with Crippen LogP contribution in [0, 0.1) is 0 Å². The number of benzene rings is 2. The van der Waals surface area contributed by atoms with Crippen molar-refractivity contribution in [3.05, 3.63) is 47.5 Å². The highest BCUT2D eigenvalue weighted by Gasteiger charge is 2.16. The third-order valence-electron chi connectivity index (χ3n) is 8.49. The molecule has 0 radical (unpaired) electrons. The highest BCUT2D eigenvalue weighted by molar-refractivity contribution is 6.11. The lowest BCUT2D eigenvalue weighted by Crippen LogP contribution is -2.28. The average Bonchev–Trinajstić information content (AvgIpc) is 3.32. The molecule has 0 N–H and O–H groups in total. The van der Waals surface area contributed by atoms with Crippen molar-refractivity contribution in [2.75, 3.05) is 52.5 Å². The van der Waals surface area contributed by atoms with E-state index in [1.165, 1.54) is 51.4 Å². The van der Waals surface area contributed by atoms with E-state index in [9.17, 15) is 9.59 Å². The van der Waals surface area contributed by atoms with Crippen molar-refractivity contribution in [2.24, 2.45) is 7.05 Å². The first-order valence-electron chi connectivity index (χ1n) is 17.2. The number of nitrogens with zero attached hydrogens (tertiary/aromatic N) is 3. The van der Waals surface area contributed by atoms with Crippen LogP contribution in [0.2, 0.25) is 0 Å². The molecule has 3 aromatic rings. The van der Waals surface area contributed by atoms with Crippen molar-refractivity contribution >= 4 is 33.7 Å². The van der Waals surface area contributed by atoms with Gasteiger partial charge in [0, 0.05) is 41.9 Å². The van der Waals surface area contributed by atoms with Crippen LogP contribution in [0.25, 0.3) is 21.8 Å². The summed E-state index contributed by atoms with van der Waals surface area (Å²) in [6.45, 7) is 16.0. The van der Waals surface area contributed by atoms with Crippen LogP contribution < -0.4 is 0 Å². The van der Waals surface area contributed by atoms with E-state index in [1.807, 2.05) is 43.4 Å². The zero-order chi connectivity index (χ0) is 31.7. The van der Waals surface area contributed by atoms with Crippen molar-refractivity contribution in [3.63, 3.8) is 0 Å². The molecular formula is C37H57N3O4. The van der Waals surface area contributed by atoms with Gasteiger partial charge in [-0.25, -0.2) is 9.59 Å². The van der Waals surface area contributed by atoms with E-state index in [4.69, 9.17) is 9.47 Å². The van der Waals surface area contributed by atoms with Crippen molar-refractivity contribution in [2.45, 2.75) is 91.9 Å². The van der Waals surface area contributed by atoms with Crippen LogP contribution in [0.1, 0.15) is 113 Å². The van der Waals surface area contributed by atoms with E-state index in [2.05, 4.69) is 42.1 Å². The molecule has 0 saturated carbocycles. The third-order valence-corrected chi connectivity index (χ3v) is 8.49. The molecule has 0 aliphatic rings. The highest BCUT2D eigenvalue weighted by Crippen LogP contribution is 2.30. The molecule has 44 heavy (non-hydrogen) atoms. The van der Waals surface area contributed by atoms with E-state index in [0.29, 0.717) is 24.3 Å². The van der Waals surface area contributed by atoms with Crippen molar-refractivity contribution in [1.29, 1.82) is 0 Å². The lowest BCUT2D eigenvalue weighted by Gasteiger charge is -2.21. The maximum absolute atomic E-state index is 13.0. The molecule has 0 saturated heterocycles. The Balaban J connectivity index is 1.61. The van der Waals surface area contributed by atoms with Crippen LogP contribution in [0.3, 0.4) is 0 Å². The second kappa shape index (κ2) is 19.5. The Morgan fingerprint density at radius 2 is 0.909 bits per heavy atom. The number of hydrogen-bond acceptors (Lipinski definition) is 6. The molecule has 1 heterocycles. The summed E-state index contributed by atoms with van der Waals surface area (Å²) in [5.41, 5.74) is 3.07. The second-order valence-electron chi connectivity index (χ2n) is 12.1. The Bertz CT molecular complexity index is 1190. The fourth-order valence-electron chi connectivity index (χ4n) is 5.74. The number of rotatable bonds is 22. The van der Waals surface area contributed by atoms with Crippen molar-refractivity contribution < 1.29 is 19.1 Å². The number of unbranched alkanes of at least 4 members (excludes halogenated alkanes) is 4. The van der Waals surface area contributed by atoms with Crippen LogP contribution in [-0.4, -0.2) is 78.8 Å². The molecule has 3 rings (SSSR count). The van der Waals surface area contributed by atoms with Crippen molar-refractivity contribution in [1.82, 2.24) is 14.4 Å². The number of carbonyl (C=O) groups excluding carboxylic acids is 2. The van der Waals surface area contributed by atoms with Gasteiger partial charge in [-0.2, -0.15) is 0 Å². The molecule has 7 nitrogen and oxygen atoms in total. The molecule has 0 spiro atoms. The molecular weight excluding hydrogens is 550 g/mol. The van der Waals surface area contributed by atoms with Crippen LogP contribution in [0.4, 0.5) is 0 Å². The first-order valence-corrected chi connectivity index (χ1v) is 17.2. The number of fused-ring (bicyclic) bond motifs is 3. The Kier molecular flexibility index (Phi) is 15.8. The summed E-state index contributed by atoms with van der Waals surface area (Å²) in [5, 5.41) is 1.86. The Labute approximate surface area is 265 Å². The monoisotopic (exact) mass is 607 g/mol. The fourth-order valence-corrected chi connectivity index (χ4v) is 5.74. The molecule has 1 aromatic heterocycles. The molecule has 2 aromatic carbocycles. The number of ether oxygens (including phenoxy) is 2. The van der Waals surface area contributed by atoms with Gasteiger partial charge in [0.05, 0.1) is 24.3 Å². The number of aromatic nitrogens is 1. The standard InChI is InChI=1S/C37H57N3O4/c1-6-10-20-39(21-11-7-2)24-14-26-43-36(41)30-16-18-34-32(28-30)33-29-31(17-19-35(33)38(34)5)37(42)44-27-15-25-40(22-12-8-3)23-13-9-4/h16-19,28-29H,6-15,20-27H2,1-5H3. The van der Waals surface area contributed by atoms with Gasteiger partial charge in [-0.15, -0.1) is 0 Å². The smallest absolute Gasteiger partial charge is 0.338 e. The van der Waals surface area contributed by atoms with Gasteiger partial charge >= 0.3 is 11.9 Å². The minimum Gasteiger partial charge on any atom is -0.462 e. The zero-order valence-corrected chi connectivity index (χ0v) is 28.2. The van der Waals surface area contributed by atoms with Gasteiger partial charge in [-0.05, 0) is 101 Å². The molecule has 0 fully saturated rings. The molecule has 0 bridgehead atoms. The summed E-state index contributed by atoms with van der Waals surface area (Å²) in [4.78, 5) is 30.9. The lowest BCUT2D eigenvalue weighted by atomic mass is 10.1. The van der Waals surface area contributed by atoms with Crippen molar-refractivity contribution in [3.8, 4) is 0 Å². The summed E-state index contributed by atoms with van der Waals surface area (Å²) < 4.78 is 13.5. The minimum absolute atomic E-state index is 0.306. The summed E-state index contributed by atoms with van der Waals surface area (Å²) in [7, 11) is 2.01. The van der Waals surface area contributed by atoms with Gasteiger partial charge in [-0.1, -0.05) is 53.4 Å². The predicted molar refractivity (Wildman–Crippen MR) is 183 cm³/mol. The molecule has 0 atom stereocenters. The first kappa shape index (κ1) is 35.6. The Hall–Kier alpha value is -2.90. The van der Waals surface area contributed by atoms with E-state index in [-0.39, 0.29) is 11.9 Å². The molecule has 244 valence electrons. The van der Waals surface area contributed by atoms with Crippen LogP contribution in [0.5, 0.6) is 0 Å². The van der Waals surface area contributed by atoms with E-state index < -0.39 is 0 Å².